The molecule has 7 nitrogen and oxygen atoms in total. The first-order valence-corrected chi connectivity index (χ1v) is 8.20. The molecule has 4 rings (SSSR count). The van der Waals surface area contributed by atoms with Crippen LogP contribution in [0.3, 0.4) is 0 Å². The number of hydrogen-bond acceptors (Lipinski definition) is 5. The molecule has 128 valence electrons. The van der Waals surface area contributed by atoms with Crippen molar-refractivity contribution in [2.24, 2.45) is 0 Å². The lowest BCUT2D eigenvalue weighted by molar-refractivity contribution is 0.0879. The third-order valence-electron chi connectivity index (χ3n) is 4.46. The van der Waals surface area contributed by atoms with Gasteiger partial charge in [-0.1, -0.05) is 35.5 Å². The van der Waals surface area contributed by atoms with Gasteiger partial charge < -0.3 is 14.9 Å². The third-order valence-corrected chi connectivity index (χ3v) is 4.46. The van der Waals surface area contributed by atoms with Gasteiger partial charge in [0.05, 0.1) is 18.8 Å². The smallest absolute Gasteiger partial charge is 0.273 e. The maximum Gasteiger partial charge on any atom is 0.273 e. The number of aliphatic hydroxyl groups is 1. The van der Waals surface area contributed by atoms with Crippen LogP contribution in [0, 0.1) is 0 Å². The molecule has 1 aliphatic carbocycles. The molecule has 0 aliphatic heterocycles. The van der Waals surface area contributed by atoms with Crippen LogP contribution in [-0.4, -0.2) is 32.0 Å². The van der Waals surface area contributed by atoms with Crippen LogP contribution in [0.25, 0.3) is 11.3 Å². The fraction of sp³-hybridized carbons (Fsp3) is 0.278. The van der Waals surface area contributed by atoms with Gasteiger partial charge in [-0.25, -0.2) is 0 Å². The quantitative estimate of drug-likeness (QED) is 0.744. The van der Waals surface area contributed by atoms with E-state index in [1.807, 2.05) is 41.2 Å². The summed E-state index contributed by atoms with van der Waals surface area (Å²) in [6, 6.07) is 11.5. The Labute approximate surface area is 144 Å². The summed E-state index contributed by atoms with van der Waals surface area (Å²) in [4.78, 5) is 12.3. The molecule has 0 radical (unpaired) electrons. The Kier molecular flexibility index (Phi) is 4.07. The Bertz CT molecular complexity index is 865. The van der Waals surface area contributed by atoms with E-state index in [2.05, 4.69) is 15.6 Å². The zero-order valence-corrected chi connectivity index (χ0v) is 13.5. The molecular formula is C18H18N4O3. The van der Waals surface area contributed by atoms with Crippen LogP contribution in [0.4, 0.5) is 0 Å². The molecular weight excluding hydrogens is 320 g/mol. The maximum absolute atomic E-state index is 12.3. The van der Waals surface area contributed by atoms with Gasteiger partial charge in [-0.2, -0.15) is 5.10 Å². The van der Waals surface area contributed by atoms with Crippen molar-refractivity contribution in [3.8, 4) is 11.3 Å². The Balaban J connectivity index is 1.34. The predicted octanol–water partition coefficient (Wildman–Crippen LogP) is 2.16. The average Bonchev–Trinajstić information content (AvgIpc) is 3.27. The number of aliphatic hydroxyl groups excluding tert-OH is 1. The summed E-state index contributed by atoms with van der Waals surface area (Å²) in [7, 11) is 0. The molecule has 7 heteroatoms. The van der Waals surface area contributed by atoms with E-state index in [0.717, 1.165) is 24.0 Å². The second kappa shape index (κ2) is 6.52. The lowest BCUT2D eigenvalue weighted by Crippen LogP contribution is -2.45. The minimum absolute atomic E-state index is 0.0111. The number of carbonyl (C=O) groups is 1. The molecule has 1 fully saturated rings. The summed E-state index contributed by atoms with van der Waals surface area (Å²) in [5.74, 6) is 0.344. The Hall–Kier alpha value is -2.93. The van der Waals surface area contributed by atoms with Crippen LogP contribution >= 0.6 is 0 Å². The lowest BCUT2D eigenvalue weighted by atomic mass is 9.87. The molecule has 0 bridgehead atoms. The van der Waals surface area contributed by atoms with E-state index in [0.29, 0.717) is 5.76 Å². The van der Waals surface area contributed by atoms with Gasteiger partial charge in [-0.3, -0.25) is 9.48 Å². The summed E-state index contributed by atoms with van der Waals surface area (Å²) < 4.78 is 7.11. The molecule has 2 heterocycles. The first kappa shape index (κ1) is 15.6. The zero-order chi connectivity index (χ0) is 17.2. The van der Waals surface area contributed by atoms with Crippen LogP contribution in [0.2, 0.25) is 0 Å². The van der Waals surface area contributed by atoms with E-state index in [9.17, 15) is 4.79 Å². The summed E-state index contributed by atoms with van der Waals surface area (Å²) in [6.45, 7) is -0.0111. The highest BCUT2D eigenvalue weighted by molar-refractivity contribution is 5.93. The molecule has 3 aromatic rings. The Morgan fingerprint density at radius 2 is 2.12 bits per heavy atom. The maximum atomic E-state index is 12.3. The van der Waals surface area contributed by atoms with E-state index >= 15 is 0 Å². The summed E-state index contributed by atoms with van der Waals surface area (Å²) in [6.07, 6.45) is 5.11. The molecule has 0 atom stereocenters. The lowest BCUT2D eigenvalue weighted by Gasteiger charge is -2.35. The minimum atomic E-state index is -0.231. The van der Waals surface area contributed by atoms with E-state index in [1.54, 1.807) is 12.3 Å². The number of nitrogens with one attached hydrogen (secondary N) is 1. The fourth-order valence-corrected chi connectivity index (χ4v) is 2.96. The number of benzene rings is 1. The van der Waals surface area contributed by atoms with Gasteiger partial charge in [0.1, 0.15) is 0 Å². The van der Waals surface area contributed by atoms with Gasteiger partial charge in [0.2, 0.25) is 0 Å². The molecule has 2 N–H and O–H groups in total. The summed E-state index contributed by atoms with van der Waals surface area (Å²) in [5.41, 5.74) is 1.96. The first-order valence-electron chi connectivity index (χ1n) is 8.20. The van der Waals surface area contributed by atoms with E-state index in [-0.39, 0.29) is 30.3 Å². The van der Waals surface area contributed by atoms with Crippen LogP contribution < -0.4 is 5.32 Å². The van der Waals surface area contributed by atoms with Crippen molar-refractivity contribution in [3.05, 3.63) is 60.0 Å². The normalized spacial score (nSPS) is 19.4. The number of amides is 1. The van der Waals surface area contributed by atoms with E-state index in [4.69, 9.17) is 9.63 Å². The monoisotopic (exact) mass is 338 g/mol. The summed E-state index contributed by atoms with van der Waals surface area (Å²) in [5, 5.41) is 20.1. The molecule has 0 saturated heterocycles. The number of rotatable bonds is 5. The topological polar surface area (TPSA) is 93.2 Å². The van der Waals surface area contributed by atoms with Crippen molar-refractivity contribution in [2.75, 3.05) is 0 Å². The standard InChI is InChI=1S/C18H18N4O3/c23-11-12-9-19-22(10-12)15-6-14(7-15)20-18(24)16-8-17(25-21-16)13-4-2-1-3-5-13/h1-5,8-10,14-15,23H,6-7,11H2,(H,20,24)/t14-,15-. The van der Waals surface area contributed by atoms with Crippen molar-refractivity contribution in [2.45, 2.75) is 31.5 Å². The molecule has 0 spiro atoms. The van der Waals surface area contributed by atoms with Crippen LogP contribution in [0.5, 0.6) is 0 Å². The largest absolute Gasteiger partial charge is 0.392 e. The number of hydrogen-bond donors (Lipinski definition) is 2. The van der Waals surface area contributed by atoms with Gasteiger partial charge in [0, 0.05) is 29.4 Å². The van der Waals surface area contributed by atoms with Crippen molar-refractivity contribution >= 4 is 5.91 Å². The van der Waals surface area contributed by atoms with Crippen molar-refractivity contribution in [3.63, 3.8) is 0 Å². The molecule has 1 saturated carbocycles. The van der Waals surface area contributed by atoms with Crippen molar-refractivity contribution < 1.29 is 14.4 Å². The predicted molar refractivity (Wildman–Crippen MR) is 89.6 cm³/mol. The molecule has 0 unspecified atom stereocenters. The average molecular weight is 338 g/mol. The summed E-state index contributed by atoms with van der Waals surface area (Å²) >= 11 is 0. The number of nitrogens with zero attached hydrogens (tertiary/aromatic N) is 3. The zero-order valence-electron chi connectivity index (χ0n) is 13.5. The van der Waals surface area contributed by atoms with Crippen LogP contribution in [0.1, 0.15) is 34.9 Å². The van der Waals surface area contributed by atoms with Gasteiger partial charge in [0.15, 0.2) is 11.5 Å². The van der Waals surface area contributed by atoms with Crippen molar-refractivity contribution in [1.82, 2.24) is 20.3 Å². The van der Waals surface area contributed by atoms with Gasteiger partial charge in [-0.05, 0) is 12.8 Å². The van der Waals surface area contributed by atoms with Crippen LogP contribution in [-0.2, 0) is 6.61 Å². The molecule has 25 heavy (non-hydrogen) atoms. The highest BCUT2D eigenvalue weighted by atomic mass is 16.5. The SMILES string of the molecule is O=C(N[C@H]1C[C@H](n2cc(CO)cn2)C1)c1cc(-c2ccccc2)on1. The fourth-order valence-electron chi connectivity index (χ4n) is 2.96. The molecule has 2 aromatic heterocycles. The molecule has 1 aliphatic rings. The van der Waals surface area contributed by atoms with Gasteiger partial charge >= 0.3 is 0 Å². The van der Waals surface area contributed by atoms with E-state index in [1.165, 1.54) is 0 Å². The number of aromatic nitrogens is 3. The van der Waals surface area contributed by atoms with Crippen LogP contribution in [0.15, 0.2) is 53.3 Å². The first-order chi connectivity index (χ1) is 12.2. The second-order valence-corrected chi connectivity index (χ2v) is 6.22. The highest BCUT2D eigenvalue weighted by Gasteiger charge is 2.32. The molecule has 1 aromatic carbocycles. The van der Waals surface area contributed by atoms with Crippen molar-refractivity contribution in [1.29, 1.82) is 0 Å². The Morgan fingerprint density at radius 3 is 2.84 bits per heavy atom. The van der Waals surface area contributed by atoms with Gasteiger partial charge in [-0.15, -0.1) is 0 Å². The van der Waals surface area contributed by atoms with Gasteiger partial charge in [0.25, 0.3) is 5.91 Å². The molecule has 1 amide bonds. The Morgan fingerprint density at radius 1 is 1.32 bits per heavy atom. The third kappa shape index (κ3) is 3.18. The number of carbonyl (C=O) groups excluding carboxylic acids is 1. The van der Waals surface area contributed by atoms with E-state index < -0.39 is 0 Å². The second-order valence-electron chi connectivity index (χ2n) is 6.22. The highest BCUT2D eigenvalue weighted by Crippen LogP contribution is 2.32. The minimum Gasteiger partial charge on any atom is -0.392 e.